The van der Waals surface area contributed by atoms with E-state index in [-0.39, 0.29) is 0 Å². The highest BCUT2D eigenvalue weighted by Gasteiger charge is 2.17. The molecule has 4 nitrogen and oxygen atoms in total. The smallest absolute Gasteiger partial charge is 0.233 e. The van der Waals surface area contributed by atoms with Gasteiger partial charge in [0.15, 0.2) is 0 Å². The fourth-order valence-corrected chi connectivity index (χ4v) is 2.68. The molecule has 0 saturated heterocycles. The van der Waals surface area contributed by atoms with Gasteiger partial charge in [-0.3, -0.25) is 14.4 Å². The molecule has 0 aliphatic rings. The maximum Gasteiger partial charge on any atom is 0.233 e. The maximum atomic E-state index is 12.3. The van der Waals surface area contributed by atoms with Crippen LogP contribution in [0.5, 0.6) is 11.5 Å². The van der Waals surface area contributed by atoms with E-state index < -0.39 is 11.6 Å². The van der Waals surface area contributed by atoms with Crippen molar-refractivity contribution in [2.45, 2.75) is 0 Å². The van der Waals surface area contributed by atoms with Crippen molar-refractivity contribution in [1.82, 2.24) is 0 Å². The molecule has 0 aromatic heterocycles. The van der Waals surface area contributed by atoms with Crippen LogP contribution in [0.15, 0.2) is 84.9 Å². The summed E-state index contributed by atoms with van der Waals surface area (Å²) in [5.41, 5.74) is 1.35. The van der Waals surface area contributed by atoms with Gasteiger partial charge in [0.05, 0.1) is 5.03 Å². The predicted molar refractivity (Wildman–Crippen MR) is 108 cm³/mol. The van der Waals surface area contributed by atoms with Gasteiger partial charge in [0.1, 0.15) is 17.8 Å². The summed E-state index contributed by atoms with van der Waals surface area (Å²) in [6, 6.07) is 21.7. The number of carbonyl (C=O) groups excluding carboxylic acids is 3. The fraction of sp³-hybridized carbons (Fsp3) is 0. The largest absolute Gasteiger partial charge is 0.457 e. The minimum Gasteiger partial charge on any atom is -0.457 e. The summed E-state index contributed by atoms with van der Waals surface area (Å²) >= 11 is 5.97. The van der Waals surface area contributed by atoms with Gasteiger partial charge >= 0.3 is 0 Å². The molecule has 0 saturated carbocycles. The van der Waals surface area contributed by atoms with Crippen LogP contribution < -0.4 is 4.74 Å². The maximum absolute atomic E-state index is 12.3. The van der Waals surface area contributed by atoms with Crippen molar-refractivity contribution < 1.29 is 19.1 Å². The number of benzene rings is 3. The second-order valence-corrected chi connectivity index (χ2v) is 6.23. The molecule has 0 fully saturated rings. The van der Waals surface area contributed by atoms with Gasteiger partial charge in [-0.05, 0) is 60.2 Å². The Morgan fingerprint density at radius 1 is 0.679 bits per heavy atom. The Balaban J connectivity index is 1.69. The van der Waals surface area contributed by atoms with Gasteiger partial charge in [0.2, 0.25) is 11.6 Å². The quantitative estimate of drug-likeness (QED) is 0.237. The Bertz CT molecular complexity index is 1020. The van der Waals surface area contributed by atoms with E-state index in [1.165, 1.54) is 6.08 Å². The van der Waals surface area contributed by atoms with Crippen LogP contribution in [0.25, 0.3) is 5.03 Å². The molecule has 0 aliphatic heterocycles. The zero-order valence-electron chi connectivity index (χ0n) is 14.7. The second-order valence-electron chi connectivity index (χ2n) is 5.83. The summed E-state index contributed by atoms with van der Waals surface area (Å²) in [5, 5.41) is 0.340. The van der Waals surface area contributed by atoms with Gasteiger partial charge in [-0.15, -0.1) is 0 Å². The van der Waals surface area contributed by atoms with E-state index in [0.717, 1.165) is 0 Å². The molecular formula is C23H15ClO4. The van der Waals surface area contributed by atoms with Crippen molar-refractivity contribution in [2.75, 3.05) is 0 Å². The molecule has 0 atom stereocenters. The number of hydrogen-bond donors (Lipinski definition) is 0. The third-order valence-corrected chi connectivity index (χ3v) is 4.28. The molecule has 0 bridgehead atoms. The van der Waals surface area contributed by atoms with Crippen molar-refractivity contribution in [3.05, 3.63) is 102 Å². The highest BCUT2D eigenvalue weighted by Crippen LogP contribution is 2.25. The first kappa shape index (κ1) is 19.3. The van der Waals surface area contributed by atoms with Crippen LogP contribution in [0.2, 0.25) is 0 Å². The lowest BCUT2D eigenvalue weighted by atomic mass is 10.0. The molecule has 28 heavy (non-hydrogen) atoms. The average Bonchev–Trinajstić information content (AvgIpc) is 2.74. The number of ketones is 2. The SMILES string of the molecule is O=CC=C(Cl)c1ccc(Oc2ccc(C(=O)C(=O)c3ccccc3)cc2)cc1. The topological polar surface area (TPSA) is 60.4 Å². The molecule has 3 aromatic rings. The van der Waals surface area contributed by atoms with Gasteiger partial charge in [-0.2, -0.15) is 0 Å². The normalized spacial score (nSPS) is 11.0. The number of aldehydes is 1. The Morgan fingerprint density at radius 2 is 1.14 bits per heavy atom. The Kier molecular flexibility index (Phi) is 6.14. The summed E-state index contributed by atoms with van der Waals surface area (Å²) in [4.78, 5) is 35.0. The predicted octanol–water partition coefficient (Wildman–Crippen LogP) is 5.32. The van der Waals surface area contributed by atoms with E-state index in [9.17, 15) is 14.4 Å². The third-order valence-electron chi connectivity index (χ3n) is 3.94. The lowest BCUT2D eigenvalue weighted by molar-refractivity contribution is -0.104. The first-order valence-corrected chi connectivity index (χ1v) is 8.79. The van der Waals surface area contributed by atoms with E-state index in [1.54, 1.807) is 78.9 Å². The van der Waals surface area contributed by atoms with Crippen molar-refractivity contribution in [3.63, 3.8) is 0 Å². The molecule has 0 radical (unpaired) electrons. The highest BCUT2D eigenvalue weighted by molar-refractivity contribution is 6.50. The molecule has 138 valence electrons. The first-order chi connectivity index (χ1) is 13.6. The van der Waals surface area contributed by atoms with Crippen LogP contribution in [-0.2, 0) is 4.79 Å². The molecule has 3 aromatic carbocycles. The van der Waals surface area contributed by atoms with Crippen LogP contribution in [-0.4, -0.2) is 17.9 Å². The van der Waals surface area contributed by atoms with Crippen molar-refractivity contribution >= 4 is 34.5 Å². The van der Waals surface area contributed by atoms with Crippen LogP contribution in [0.1, 0.15) is 26.3 Å². The van der Waals surface area contributed by atoms with Crippen molar-refractivity contribution in [3.8, 4) is 11.5 Å². The summed E-state index contributed by atoms with van der Waals surface area (Å²) in [5.74, 6) is -0.0337. The number of carbonyl (C=O) groups is 3. The Labute approximate surface area is 167 Å². The van der Waals surface area contributed by atoms with Gasteiger partial charge < -0.3 is 4.74 Å². The number of rotatable bonds is 7. The lowest BCUT2D eigenvalue weighted by Crippen LogP contribution is -2.14. The zero-order valence-corrected chi connectivity index (χ0v) is 15.4. The van der Waals surface area contributed by atoms with E-state index in [4.69, 9.17) is 16.3 Å². The van der Waals surface area contributed by atoms with Gasteiger partial charge in [-0.25, -0.2) is 0 Å². The summed E-state index contributed by atoms with van der Waals surface area (Å²) in [6.07, 6.45) is 1.89. The molecule has 3 rings (SSSR count). The summed E-state index contributed by atoms with van der Waals surface area (Å²) in [6.45, 7) is 0. The molecular weight excluding hydrogens is 376 g/mol. The fourth-order valence-electron chi connectivity index (χ4n) is 2.50. The van der Waals surface area contributed by atoms with Crippen molar-refractivity contribution in [2.24, 2.45) is 0 Å². The number of Topliss-reactive ketones (excluding diaryl/α,β-unsaturated/α-hetero) is 2. The van der Waals surface area contributed by atoms with Gasteiger partial charge in [-0.1, -0.05) is 41.9 Å². The zero-order chi connectivity index (χ0) is 19.9. The number of allylic oxidation sites excluding steroid dienone is 1. The van der Waals surface area contributed by atoms with Gasteiger partial charge in [0.25, 0.3) is 0 Å². The molecule has 0 unspecified atom stereocenters. The van der Waals surface area contributed by atoms with Crippen LogP contribution in [0.3, 0.4) is 0 Å². The second kappa shape index (κ2) is 8.93. The molecule has 0 N–H and O–H groups in total. The number of halogens is 1. The Morgan fingerprint density at radius 3 is 1.64 bits per heavy atom. The van der Waals surface area contributed by atoms with E-state index in [2.05, 4.69) is 0 Å². The van der Waals surface area contributed by atoms with E-state index in [1.807, 2.05) is 0 Å². The van der Waals surface area contributed by atoms with Gasteiger partial charge in [0, 0.05) is 11.1 Å². The van der Waals surface area contributed by atoms with Crippen LogP contribution in [0, 0.1) is 0 Å². The standard InChI is InChI=1S/C23H15ClO4/c24-21(14-15-25)16-6-10-19(11-7-16)28-20-12-8-18(9-13-20)23(27)22(26)17-4-2-1-3-5-17/h1-15H. The summed E-state index contributed by atoms with van der Waals surface area (Å²) in [7, 11) is 0. The van der Waals surface area contributed by atoms with Crippen molar-refractivity contribution in [1.29, 1.82) is 0 Å². The molecule has 0 aliphatic carbocycles. The molecule has 0 amide bonds. The lowest BCUT2D eigenvalue weighted by Gasteiger charge is -2.07. The van der Waals surface area contributed by atoms with E-state index in [0.29, 0.717) is 39.5 Å². The van der Waals surface area contributed by atoms with E-state index >= 15 is 0 Å². The highest BCUT2D eigenvalue weighted by atomic mass is 35.5. The minimum absolute atomic E-state index is 0.294. The first-order valence-electron chi connectivity index (χ1n) is 8.42. The minimum atomic E-state index is -0.571. The summed E-state index contributed by atoms with van der Waals surface area (Å²) < 4.78 is 5.72. The monoisotopic (exact) mass is 390 g/mol. The number of ether oxygens (including phenoxy) is 1. The van der Waals surface area contributed by atoms with Crippen LogP contribution in [0.4, 0.5) is 0 Å². The molecule has 5 heteroatoms. The third kappa shape index (κ3) is 4.61. The average molecular weight is 391 g/mol. The molecule has 0 heterocycles. The Hall–Kier alpha value is -3.50. The number of hydrogen-bond acceptors (Lipinski definition) is 4. The molecule has 0 spiro atoms. The van der Waals surface area contributed by atoms with Crippen LogP contribution >= 0.6 is 11.6 Å².